The first-order valence-corrected chi connectivity index (χ1v) is 36.1. The Hall–Kier alpha value is -7.18. The van der Waals surface area contributed by atoms with Crippen molar-refractivity contribution in [1.29, 1.82) is 5.26 Å². The molecule has 0 saturated carbocycles. The minimum atomic E-state index is -4.08. The number of aromatic nitrogens is 7. The van der Waals surface area contributed by atoms with E-state index in [2.05, 4.69) is 52.4 Å². The summed E-state index contributed by atoms with van der Waals surface area (Å²) < 4.78 is 88.6. The van der Waals surface area contributed by atoms with Crippen molar-refractivity contribution in [2.24, 2.45) is 0 Å². The number of hydrogen-bond acceptors (Lipinski definition) is 20. The summed E-state index contributed by atoms with van der Waals surface area (Å²) in [5, 5.41) is 21.4. The van der Waals surface area contributed by atoms with Crippen molar-refractivity contribution in [1.82, 2.24) is 33.9 Å². The summed E-state index contributed by atoms with van der Waals surface area (Å²) in [6, 6.07) is 37.5. The van der Waals surface area contributed by atoms with Crippen LogP contribution in [0.1, 0.15) is 89.1 Å². The van der Waals surface area contributed by atoms with Gasteiger partial charge in [-0.15, -0.1) is 14.5 Å². The smallest absolute Gasteiger partial charge is 0.497 e. The van der Waals surface area contributed by atoms with Crippen LogP contribution in [0.3, 0.4) is 0 Å². The Labute approximate surface area is 533 Å². The lowest BCUT2D eigenvalue weighted by Gasteiger charge is -2.40. The van der Waals surface area contributed by atoms with Crippen LogP contribution >= 0.6 is 15.0 Å². The predicted octanol–water partition coefficient (Wildman–Crippen LogP) is 10.8. The maximum atomic E-state index is 13.5. The average Bonchev–Trinajstić information content (AvgIpc) is 1.83. The van der Waals surface area contributed by atoms with Crippen molar-refractivity contribution in [2.45, 2.75) is 127 Å². The van der Waals surface area contributed by atoms with Crippen LogP contribution in [0.15, 0.2) is 145 Å². The van der Waals surface area contributed by atoms with Crippen molar-refractivity contribution < 1.29 is 65.2 Å². The molecule has 2 fully saturated rings. The van der Waals surface area contributed by atoms with Gasteiger partial charge in [-0.1, -0.05) is 113 Å². The van der Waals surface area contributed by atoms with Gasteiger partial charge in [0, 0.05) is 41.8 Å². The number of hydrogen-bond donors (Lipinski definition) is 2. The SMILES string of the molecule is COc1ccc(C(OC[C@H]2O[C@@H](n3nnc4c(NC(=O)COc5ccc(C(C)(C)C)cc5)ccnc43)C[C@@H]2OP(=S)(OCCC#N)OC[C@H]2O[C@@H](n3ccc(=O)n4ccnc34)[C@H](O[P+](=O)O)[C@@H]2O[Si](C)(C)C(C)(C)C)(c2ccccc2)c2ccc(OC)cc2)cc1. The summed E-state index contributed by atoms with van der Waals surface area (Å²) >= 11 is 6.37. The zero-order chi connectivity index (χ0) is 64.9. The fraction of sp³-hybridized carbons (Fsp3) is 0.413. The first-order valence-electron chi connectivity index (χ1n) is 29.5. The Kier molecular flexibility index (Phi) is 20.5. The number of methoxy groups -OCH3 is 2. The molecule has 91 heavy (non-hydrogen) atoms. The lowest BCUT2D eigenvalue weighted by molar-refractivity contribution is -0.118. The fourth-order valence-electron chi connectivity index (χ4n) is 10.6. The van der Waals surface area contributed by atoms with E-state index in [1.165, 1.54) is 44.5 Å². The Bertz CT molecular complexity index is 3940. The molecule has 480 valence electrons. The largest absolute Gasteiger partial charge is 0.695 e. The molecule has 4 aromatic heterocycles. The Balaban J connectivity index is 1.01. The van der Waals surface area contributed by atoms with Crippen molar-refractivity contribution in [3.8, 4) is 23.3 Å². The molecule has 2 saturated heterocycles. The average molecular weight is 1320 g/mol. The standard InChI is InChI=1S/C63H73N9O15P2SSi/c1-61(2,3)41-17-27-47(28-18-41)79-40-52(73)67-48-29-32-65-58-55(48)68-69-72(58)54-37-49(50(83-54)38-80-63(42-15-12-11-13-16-42,43-19-23-45(77-7)24-20-43)44-21-25-46(78-8)26-22-44)86-89(90,81-36-14-31-64)82-39-51-56(87-91(9,10)62(4,5)6)57(85-88(75)76)59(84-51)71-34-30-53(74)70-35-33-66-60(70)71/h11-13,15-30,32-35,49-51,54,56-57,59H,14,36-40H2,1-10H3,(H-,65,67,69,73,75,76)/p+1/t49-,50+,51+,54+,56+,57+,59+,89?/m0/s1. The lowest BCUT2D eigenvalue weighted by Crippen LogP contribution is -2.50. The summed E-state index contributed by atoms with van der Waals surface area (Å²) in [5.41, 5.74) is 2.44. The number of nitriles is 1. The van der Waals surface area contributed by atoms with Crippen LogP contribution in [0.4, 0.5) is 5.69 Å². The Morgan fingerprint density at radius 1 is 0.813 bits per heavy atom. The van der Waals surface area contributed by atoms with E-state index in [9.17, 15) is 24.3 Å². The van der Waals surface area contributed by atoms with Crippen molar-refractivity contribution in [3.63, 3.8) is 0 Å². The number of fused-ring (bicyclic) bond motifs is 2. The first-order chi connectivity index (χ1) is 43.4. The number of carbonyl (C=O) groups excluding carboxylic acids is 1. The molecule has 0 bridgehead atoms. The minimum Gasteiger partial charge on any atom is -0.497 e. The number of nitrogens with zero attached hydrogens (tertiary/aromatic N) is 8. The molecule has 1 amide bonds. The lowest BCUT2D eigenvalue weighted by atomic mass is 9.80. The molecule has 0 aliphatic carbocycles. The van der Waals surface area contributed by atoms with E-state index in [1.54, 1.807) is 20.3 Å². The second-order valence-corrected chi connectivity index (χ2v) is 32.8. The number of carbonyl (C=O) groups is 1. The summed E-state index contributed by atoms with van der Waals surface area (Å²) in [6.07, 6.45) is -1.83. The predicted molar refractivity (Wildman–Crippen MR) is 343 cm³/mol. The van der Waals surface area contributed by atoms with Gasteiger partial charge in [0.2, 0.25) is 5.78 Å². The molecule has 2 N–H and O–H groups in total. The number of amides is 1. The molecule has 4 aromatic carbocycles. The molecule has 2 aliphatic rings. The van der Waals surface area contributed by atoms with Crippen LogP contribution in [0.25, 0.3) is 16.9 Å². The zero-order valence-electron chi connectivity index (χ0n) is 52.1. The molecule has 9 atom stereocenters. The van der Waals surface area contributed by atoms with Crippen molar-refractivity contribution in [3.05, 3.63) is 173 Å². The number of imidazole rings is 1. The van der Waals surface area contributed by atoms with E-state index >= 15 is 0 Å². The summed E-state index contributed by atoms with van der Waals surface area (Å²) in [4.78, 5) is 46.1. The van der Waals surface area contributed by atoms with E-state index in [0.29, 0.717) is 22.9 Å². The number of pyridine rings is 1. The zero-order valence-corrected chi connectivity index (χ0v) is 55.7. The normalized spacial score (nSPS) is 20.5. The number of nitrogens with one attached hydrogen (secondary N) is 1. The van der Waals surface area contributed by atoms with Gasteiger partial charge in [0.25, 0.3) is 11.5 Å². The van der Waals surface area contributed by atoms with Crippen molar-refractivity contribution >= 4 is 63.6 Å². The van der Waals surface area contributed by atoms with E-state index < -0.39 is 84.4 Å². The van der Waals surface area contributed by atoms with Crippen LogP contribution in [-0.4, -0.2) is 124 Å². The molecule has 8 aromatic rings. The monoisotopic (exact) mass is 1320 g/mol. The first kappa shape index (κ1) is 66.7. The number of ether oxygens (including phenoxy) is 6. The van der Waals surface area contributed by atoms with Gasteiger partial charge >= 0.3 is 15.0 Å². The third-order valence-electron chi connectivity index (χ3n) is 16.4. The van der Waals surface area contributed by atoms with Gasteiger partial charge in [-0.3, -0.25) is 18.6 Å². The van der Waals surface area contributed by atoms with Gasteiger partial charge in [-0.2, -0.15) is 9.94 Å². The fourth-order valence-corrected chi connectivity index (χ4v) is 14.5. The van der Waals surface area contributed by atoms with E-state index in [1.807, 2.05) is 137 Å². The number of rotatable bonds is 26. The third-order valence-corrected chi connectivity index (χ3v) is 23.7. The molecule has 0 radical (unpaired) electrons. The molecule has 24 nitrogen and oxygen atoms in total. The summed E-state index contributed by atoms with van der Waals surface area (Å²) in [7, 11) is -2.87. The second kappa shape index (κ2) is 28.0. The maximum absolute atomic E-state index is 13.5. The van der Waals surface area contributed by atoms with Crippen LogP contribution in [0.2, 0.25) is 18.1 Å². The quantitative estimate of drug-likeness (QED) is 0.0221. The second-order valence-electron chi connectivity index (χ2n) is 24.4. The molecule has 10 rings (SSSR count). The molecular formula is C63H74N9O15P2SSi+. The summed E-state index contributed by atoms with van der Waals surface area (Å²) in [5.74, 6) is 1.50. The van der Waals surface area contributed by atoms with Gasteiger partial charge in [0.05, 0.1) is 52.2 Å². The highest BCUT2D eigenvalue weighted by molar-refractivity contribution is 8.07. The van der Waals surface area contributed by atoms with Crippen LogP contribution < -0.4 is 25.1 Å². The summed E-state index contributed by atoms with van der Waals surface area (Å²) in [6.45, 7) is 11.4. The topological polar surface area (TPSA) is 275 Å². The molecule has 28 heteroatoms. The molecule has 2 aliphatic heterocycles. The highest BCUT2D eigenvalue weighted by Gasteiger charge is 2.56. The van der Waals surface area contributed by atoms with Crippen molar-refractivity contribution in [2.75, 3.05) is 46.0 Å². The van der Waals surface area contributed by atoms with E-state index in [0.717, 1.165) is 22.3 Å². The van der Waals surface area contributed by atoms with Gasteiger partial charge in [-0.05, 0) is 100 Å². The molecule has 6 heterocycles. The molecule has 0 spiro atoms. The van der Waals surface area contributed by atoms with Gasteiger partial charge in [0.15, 0.2) is 44.6 Å². The van der Waals surface area contributed by atoms with Crippen LogP contribution in [0.5, 0.6) is 17.2 Å². The highest BCUT2D eigenvalue weighted by Crippen LogP contribution is 2.55. The van der Waals surface area contributed by atoms with Crippen LogP contribution in [0, 0.1) is 11.3 Å². The van der Waals surface area contributed by atoms with Gasteiger partial charge in [-0.25, -0.2) is 9.97 Å². The Morgan fingerprint density at radius 3 is 2.09 bits per heavy atom. The van der Waals surface area contributed by atoms with Gasteiger partial charge < -0.3 is 51.7 Å². The number of benzene rings is 4. The number of anilines is 1. The van der Waals surface area contributed by atoms with E-state index in [4.69, 9.17) is 62.7 Å². The highest BCUT2D eigenvalue weighted by atomic mass is 32.5. The Morgan fingerprint density at radius 2 is 1.46 bits per heavy atom. The maximum Gasteiger partial charge on any atom is 0.695 e. The molecule has 2 unspecified atom stereocenters. The minimum absolute atomic E-state index is 0.0185. The van der Waals surface area contributed by atoms with E-state index in [-0.39, 0.29) is 65.6 Å². The van der Waals surface area contributed by atoms with Crippen LogP contribution in [-0.2, 0) is 68.9 Å². The third kappa shape index (κ3) is 14.9. The molecular weight excluding hydrogens is 1240 g/mol. The van der Waals surface area contributed by atoms with Gasteiger partial charge in [0.1, 0.15) is 47.3 Å².